The predicted octanol–water partition coefficient (Wildman–Crippen LogP) is 1.46. The molecule has 1 heterocycles. The van der Waals surface area contributed by atoms with Crippen LogP contribution in [0.3, 0.4) is 0 Å². The average molecular weight is 289 g/mol. The van der Waals surface area contributed by atoms with Gasteiger partial charge in [0, 0.05) is 30.7 Å². The lowest BCUT2D eigenvalue weighted by atomic mass is 10.2. The summed E-state index contributed by atoms with van der Waals surface area (Å²) in [6, 6.07) is 7.26. The molecule has 1 N–H and O–H groups in total. The van der Waals surface area contributed by atoms with Gasteiger partial charge in [0.05, 0.1) is 5.75 Å². The maximum Gasteiger partial charge on any atom is 0.218 e. The van der Waals surface area contributed by atoms with Gasteiger partial charge in [-0.25, -0.2) is 8.42 Å². The first-order valence-electron chi connectivity index (χ1n) is 5.93. The van der Waals surface area contributed by atoms with E-state index in [0.29, 0.717) is 30.2 Å². The first kappa shape index (κ1) is 13.8. The molecule has 6 heteroatoms. The Morgan fingerprint density at radius 3 is 2.83 bits per heavy atom. The molecule has 0 aliphatic carbocycles. The van der Waals surface area contributed by atoms with Crippen LogP contribution in [0, 0.1) is 0 Å². The van der Waals surface area contributed by atoms with E-state index in [2.05, 4.69) is 5.32 Å². The smallest absolute Gasteiger partial charge is 0.218 e. The van der Waals surface area contributed by atoms with Crippen molar-refractivity contribution < 1.29 is 8.42 Å². The third kappa shape index (κ3) is 3.23. The molecule has 100 valence electrons. The summed E-state index contributed by atoms with van der Waals surface area (Å²) in [5.41, 5.74) is 0.658. The normalized spacial score (nSPS) is 22.0. The molecule has 0 spiro atoms. The summed E-state index contributed by atoms with van der Waals surface area (Å²) in [5, 5.41) is 3.73. The predicted molar refractivity (Wildman–Crippen MR) is 73.1 cm³/mol. The SMILES string of the molecule is CC1CN(S(=O)(=O)Cc2ccccc2Cl)CCN1. The van der Waals surface area contributed by atoms with Crippen LogP contribution in [0.15, 0.2) is 24.3 Å². The number of hydrogen-bond donors (Lipinski definition) is 1. The van der Waals surface area contributed by atoms with Crippen molar-refractivity contribution in [2.45, 2.75) is 18.7 Å². The van der Waals surface area contributed by atoms with Gasteiger partial charge in [-0.15, -0.1) is 0 Å². The molecule has 1 saturated heterocycles. The van der Waals surface area contributed by atoms with Gasteiger partial charge in [-0.1, -0.05) is 29.8 Å². The van der Waals surface area contributed by atoms with Crippen molar-refractivity contribution in [3.63, 3.8) is 0 Å². The van der Waals surface area contributed by atoms with E-state index in [-0.39, 0.29) is 11.8 Å². The van der Waals surface area contributed by atoms with E-state index in [1.165, 1.54) is 4.31 Å². The van der Waals surface area contributed by atoms with Crippen LogP contribution in [-0.2, 0) is 15.8 Å². The fraction of sp³-hybridized carbons (Fsp3) is 0.500. The zero-order valence-electron chi connectivity index (χ0n) is 10.3. The third-order valence-corrected chi connectivity index (χ3v) is 5.18. The molecule has 0 saturated carbocycles. The van der Waals surface area contributed by atoms with Gasteiger partial charge in [0.1, 0.15) is 0 Å². The first-order chi connectivity index (χ1) is 8.49. The van der Waals surface area contributed by atoms with Gasteiger partial charge in [0.2, 0.25) is 10.0 Å². The fourth-order valence-electron chi connectivity index (χ4n) is 2.05. The Hall–Kier alpha value is -0.620. The fourth-order valence-corrected chi connectivity index (χ4v) is 3.98. The number of rotatable bonds is 3. The van der Waals surface area contributed by atoms with E-state index in [1.54, 1.807) is 24.3 Å². The topological polar surface area (TPSA) is 49.4 Å². The zero-order valence-corrected chi connectivity index (χ0v) is 11.8. The highest BCUT2D eigenvalue weighted by Gasteiger charge is 2.27. The van der Waals surface area contributed by atoms with Crippen LogP contribution in [0.1, 0.15) is 12.5 Å². The van der Waals surface area contributed by atoms with Crippen molar-refractivity contribution in [1.29, 1.82) is 0 Å². The number of hydrogen-bond acceptors (Lipinski definition) is 3. The monoisotopic (exact) mass is 288 g/mol. The lowest BCUT2D eigenvalue weighted by molar-refractivity contribution is 0.310. The van der Waals surface area contributed by atoms with E-state index in [1.807, 2.05) is 6.92 Å². The summed E-state index contributed by atoms with van der Waals surface area (Å²) in [5.74, 6) is -0.0284. The lowest BCUT2D eigenvalue weighted by Gasteiger charge is -2.31. The van der Waals surface area contributed by atoms with Crippen molar-refractivity contribution in [1.82, 2.24) is 9.62 Å². The van der Waals surface area contributed by atoms with Gasteiger partial charge < -0.3 is 5.32 Å². The molecular formula is C12H17ClN2O2S. The van der Waals surface area contributed by atoms with Gasteiger partial charge in [-0.3, -0.25) is 0 Å². The second-order valence-electron chi connectivity index (χ2n) is 4.56. The Balaban J connectivity index is 2.14. The van der Waals surface area contributed by atoms with E-state index in [0.717, 1.165) is 0 Å². The summed E-state index contributed by atoms with van der Waals surface area (Å²) in [6.45, 7) is 3.73. The highest BCUT2D eigenvalue weighted by molar-refractivity contribution is 7.88. The van der Waals surface area contributed by atoms with Crippen LogP contribution in [0.25, 0.3) is 0 Å². The molecule has 0 aromatic heterocycles. The summed E-state index contributed by atoms with van der Waals surface area (Å²) in [4.78, 5) is 0. The number of benzene rings is 1. The molecule has 1 atom stereocenters. The number of nitrogens with one attached hydrogen (secondary N) is 1. The second kappa shape index (κ2) is 5.57. The van der Waals surface area contributed by atoms with E-state index in [4.69, 9.17) is 11.6 Å². The second-order valence-corrected chi connectivity index (χ2v) is 6.94. The van der Waals surface area contributed by atoms with Crippen molar-refractivity contribution in [2.75, 3.05) is 19.6 Å². The molecule has 1 aliphatic heterocycles. The van der Waals surface area contributed by atoms with Crippen LogP contribution < -0.4 is 5.32 Å². The zero-order chi connectivity index (χ0) is 13.2. The number of piperazine rings is 1. The Kier molecular flexibility index (Phi) is 4.27. The molecule has 0 amide bonds. The molecule has 4 nitrogen and oxygen atoms in total. The standard InChI is InChI=1S/C12H17ClN2O2S/c1-10-8-15(7-6-14-10)18(16,17)9-11-4-2-3-5-12(11)13/h2-5,10,14H,6-9H2,1H3. The molecule has 2 rings (SSSR count). The lowest BCUT2D eigenvalue weighted by Crippen LogP contribution is -2.51. The minimum absolute atomic E-state index is 0.0284. The average Bonchev–Trinajstić information content (AvgIpc) is 2.32. The number of halogens is 1. The largest absolute Gasteiger partial charge is 0.312 e. The Morgan fingerprint density at radius 2 is 2.17 bits per heavy atom. The minimum atomic E-state index is -3.28. The van der Waals surface area contributed by atoms with E-state index >= 15 is 0 Å². The van der Waals surface area contributed by atoms with Gasteiger partial charge in [0.25, 0.3) is 0 Å². The van der Waals surface area contributed by atoms with E-state index in [9.17, 15) is 8.42 Å². The molecule has 1 aromatic rings. The molecule has 1 aliphatic rings. The van der Waals surface area contributed by atoms with Gasteiger partial charge in [-0.05, 0) is 18.6 Å². The Bertz CT molecular complexity index is 519. The van der Waals surface area contributed by atoms with Crippen LogP contribution in [0.5, 0.6) is 0 Å². The van der Waals surface area contributed by atoms with Gasteiger partial charge >= 0.3 is 0 Å². The summed E-state index contributed by atoms with van der Waals surface area (Å²) in [6.07, 6.45) is 0. The van der Waals surface area contributed by atoms with Crippen molar-refractivity contribution in [3.05, 3.63) is 34.9 Å². The van der Waals surface area contributed by atoms with Crippen molar-refractivity contribution in [2.24, 2.45) is 0 Å². The van der Waals surface area contributed by atoms with Gasteiger partial charge in [-0.2, -0.15) is 4.31 Å². The summed E-state index contributed by atoms with van der Waals surface area (Å²) >= 11 is 6.00. The highest BCUT2D eigenvalue weighted by Crippen LogP contribution is 2.20. The van der Waals surface area contributed by atoms with Crippen molar-refractivity contribution in [3.8, 4) is 0 Å². The van der Waals surface area contributed by atoms with Crippen LogP contribution >= 0.6 is 11.6 Å². The molecule has 1 aromatic carbocycles. The van der Waals surface area contributed by atoms with E-state index < -0.39 is 10.0 Å². The molecular weight excluding hydrogens is 272 g/mol. The Morgan fingerprint density at radius 1 is 1.44 bits per heavy atom. The summed E-state index contributed by atoms with van der Waals surface area (Å²) < 4.78 is 26.1. The highest BCUT2D eigenvalue weighted by atomic mass is 35.5. The Labute approximate surface area is 113 Å². The molecule has 18 heavy (non-hydrogen) atoms. The molecule has 1 unspecified atom stereocenters. The maximum absolute atomic E-state index is 12.3. The van der Waals surface area contributed by atoms with Gasteiger partial charge in [0.15, 0.2) is 0 Å². The first-order valence-corrected chi connectivity index (χ1v) is 7.92. The maximum atomic E-state index is 12.3. The van der Waals surface area contributed by atoms with Crippen LogP contribution in [-0.4, -0.2) is 38.4 Å². The van der Waals surface area contributed by atoms with Crippen LogP contribution in [0.2, 0.25) is 5.02 Å². The quantitative estimate of drug-likeness (QED) is 0.916. The molecule has 1 fully saturated rings. The number of sulfonamides is 1. The third-order valence-electron chi connectivity index (χ3n) is 3.02. The molecule has 0 radical (unpaired) electrons. The van der Waals surface area contributed by atoms with Crippen molar-refractivity contribution >= 4 is 21.6 Å². The minimum Gasteiger partial charge on any atom is -0.312 e. The summed E-state index contributed by atoms with van der Waals surface area (Å²) in [7, 11) is -3.28. The molecule has 0 bridgehead atoms. The number of nitrogens with zero attached hydrogens (tertiary/aromatic N) is 1. The van der Waals surface area contributed by atoms with Crippen LogP contribution in [0.4, 0.5) is 0 Å².